The molecule has 0 saturated carbocycles. The first kappa shape index (κ1) is 15.0. The number of aryl methyl sites for hydroxylation is 1. The molecular weight excluding hydrogens is 289 g/mol. The molecule has 0 amide bonds. The molecule has 0 aliphatic heterocycles. The monoisotopic (exact) mass is 307 g/mol. The lowest BCUT2D eigenvalue weighted by atomic mass is 10.1. The van der Waals surface area contributed by atoms with Crippen LogP contribution in [-0.4, -0.2) is 13.0 Å². The van der Waals surface area contributed by atoms with E-state index in [1.54, 1.807) is 6.07 Å². The van der Waals surface area contributed by atoms with Crippen LogP contribution in [0.15, 0.2) is 65.7 Å². The highest BCUT2D eigenvalue weighted by Crippen LogP contribution is 2.27. The molecule has 0 heterocycles. The van der Waals surface area contributed by atoms with Crippen molar-refractivity contribution in [2.75, 3.05) is 11.9 Å². The first-order valence-electron chi connectivity index (χ1n) is 7.38. The van der Waals surface area contributed by atoms with Gasteiger partial charge in [0.2, 0.25) is 5.96 Å². The normalized spacial score (nSPS) is 11.7. The van der Waals surface area contributed by atoms with E-state index < -0.39 is 0 Å². The third-order valence-electron chi connectivity index (χ3n) is 3.88. The van der Waals surface area contributed by atoms with Gasteiger partial charge in [0.15, 0.2) is 0 Å². The Bertz CT molecular complexity index is 887. The second-order valence-electron chi connectivity index (χ2n) is 5.46. The standard InChI is InChI=1S/C19H18FN3/c1-13-6-3-4-9-18(13)23(2)19(21)22-17-8-5-7-14-10-11-15(20)12-16(14)17/h3-12H,1-2H3,(H2,21,22). The first-order valence-corrected chi connectivity index (χ1v) is 7.38. The summed E-state index contributed by atoms with van der Waals surface area (Å²) >= 11 is 0. The second kappa shape index (κ2) is 6.08. The van der Waals surface area contributed by atoms with E-state index in [2.05, 4.69) is 4.99 Å². The van der Waals surface area contributed by atoms with Crippen LogP contribution in [0, 0.1) is 12.7 Å². The van der Waals surface area contributed by atoms with Crippen LogP contribution in [0.5, 0.6) is 0 Å². The molecule has 3 aromatic carbocycles. The Kier molecular flexibility index (Phi) is 3.98. The van der Waals surface area contributed by atoms with Gasteiger partial charge < -0.3 is 10.6 Å². The van der Waals surface area contributed by atoms with Crippen molar-refractivity contribution >= 4 is 28.1 Å². The number of anilines is 1. The molecule has 2 N–H and O–H groups in total. The Morgan fingerprint density at radius 1 is 1.04 bits per heavy atom. The summed E-state index contributed by atoms with van der Waals surface area (Å²) < 4.78 is 13.5. The van der Waals surface area contributed by atoms with Gasteiger partial charge in [-0.05, 0) is 42.1 Å². The number of hydrogen-bond acceptors (Lipinski definition) is 1. The topological polar surface area (TPSA) is 41.6 Å². The molecule has 4 heteroatoms. The minimum Gasteiger partial charge on any atom is -0.369 e. The zero-order chi connectivity index (χ0) is 16.4. The smallest absolute Gasteiger partial charge is 0.200 e. The summed E-state index contributed by atoms with van der Waals surface area (Å²) in [6.45, 7) is 2.02. The van der Waals surface area contributed by atoms with Crippen LogP contribution in [0.1, 0.15) is 5.56 Å². The van der Waals surface area contributed by atoms with E-state index >= 15 is 0 Å². The molecule has 0 aliphatic carbocycles. The van der Waals surface area contributed by atoms with E-state index in [0.717, 1.165) is 22.0 Å². The van der Waals surface area contributed by atoms with Crippen molar-refractivity contribution in [3.63, 3.8) is 0 Å². The molecule has 0 saturated heterocycles. The van der Waals surface area contributed by atoms with E-state index in [1.165, 1.54) is 12.1 Å². The maximum atomic E-state index is 13.5. The Labute approximate surface area is 134 Å². The third-order valence-corrected chi connectivity index (χ3v) is 3.88. The number of nitrogens with two attached hydrogens (primary N) is 1. The largest absolute Gasteiger partial charge is 0.369 e. The Morgan fingerprint density at radius 2 is 1.83 bits per heavy atom. The molecule has 0 spiro atoms. The van der Waals surface area contributed by atoms with Crippen molar-refractivity contribution < 1.29 is 4.39 Å². The van der Waals surface area contributed by atoms with Crippen molar-refractivity contribution in [3.05, 3.63) is 72.0 Å². The summed E-state index contributed by atoms with van der Waals surface area (Å²) in [7, 11) is 1.87. The van der Waals surface area contributed by atoms with Crippen LogP contribution < -0.4 is 10.6 Å². The van der Waals surface area contributed by atoms with Crippen LogP contribution in [0.3, 0.4) is 0 Å². The lowest BCUT2D eigenvalue weighted by Gasteiger charge is -2.20. The molecule has 3 rings (SSSR count). The van der Waals surface area contributed by atoms with Gasteiger partial charge >= 0.3 is 0 Å². The average Bonchev–Trinajstić information content (AvgIpc) is 2.55. The first-order chi connectivity index (χ1) is 11.1. The van der Waals surface area contributed by atoms with Gasteiger partial charge in [0.05, 0.1) is 5.69 Å². The highest BCUT2D eigenvalue weighted by atomic mass is 19.1. The summed E-state index contributed by atoms with van der Waals surface area (Å²) in [5, 5.41) is 1.67. The fourth-order valence-corrected chi connectivity index (χ4v) is 2.59. The number of nitrogens with zero attached hydrogens (tertiary/aromatic N) is 2. The molecule has 0 aromatic heterocycles. The fourth-order valence-electron chi connectivity index (χ4n) is 2.59. The van der Waals surface area contributed by atoms with Gasteiger partial charge in [-0.2, -0.15) is 0 Å². The molecular formula is C19H18FN3. The summed E-state index contributed by atoms with van der Waals surface area (Å²) in [5.41, 5.74) is 8.91. The maximum absolute atomic E-state index is 13.5. The van der Waals surface area contributed by atoms with Crippen molar-refractivity contribution in [1.29, 1.82) is 0 Å². The van der Waals surface area contributed by atoms with Gasteiger partial charge in [0.1, 0.15) is 5.82 Å². The molecule has 0 unspecified atom stereocenters. The number of aliphatic imine (C=N–C) groups is 1. The quantitative estimate of drug-likeness (QED) is 0.564. The Balaban J connectivity index is 2.04. The predicted octanol–water partition coefficient (Wildman–Crippen LogP) is 4.37. The molecule has 0 bridgehead atoms. The minimum absolute atomic E-state index is 0.286. The van der Waals surface area contributed by atoms with Crippen molar-refractivity contribution in [3.8, 4) is 0 Å². The second-order valence-corrected chi connectivity index (χ2v) is 5.46. The number of halogens is 1. The highest BCUT2D eigenvalue weighted by Gasteiger charge is 2.09. The van der Waals surface area contributed by atoms with Crippen LogP contribution >= 0.6 is 0 Å². The van der Waals surface area contributed by atoms with Gasteiger partial charge in [0, 0.05) is 18.1 Å². The van der Waals surface area contributed by atoms with Gasteiger partial charge in [-0.3, -0.25) is 0 Å². The summed E-state index contributed by atoms with van der Waals surface area (Å²) in [4.78, 5) is 6.33. The van der Waals surface area contributed by atoms with E-state index in [9.17, 15) is 4.39 Å². The fraction of sp³-hybridized carbons (Fsp3) is 0.105. The lowest BCUT2D eigenvalue weighted by Crippen LogP contribution is -2.34. The molecule has 0 aliphatic rings. The van der Waals surface area contributed by atoms with Gasteiger partial charge in [-0.25, -0.2) is 9.38 Å². The van der Waals surface area contributed by atoms with Gasteiger partial charge in [-0.15, -0.1) is 0 Å². The zero-order valence-electron chi connectivity index (χ0n) is 13.1. The number of guanidine groups is 1. The molecule has 3 nitrogen and oxygen atoms in total. The van der Waals surface area contributed by atoms with E-state index in [1.807, 2.05) is 61.3 Å². The van der Waals surface area contributed by atoms with Crippen LogP contribution in [0.4, 0.5) is 15.8 Å². The Morgan fingerprint density at radius 3 is 2.61 bits per heavy atom. The molecule has 0 fully saturated rings. The molecule has 0 atom stereocenters. The summed E-state index contributed by atoms with van der Waals surface area (Å²) in [6, 6.07) is 18.3. The number of rotatable bonds is 2. The zero-order valence-corrected chi connectivity index (χ0v) is 13.1. The van der Waals surface area contributed by atoms with Crippen LogP contribution in [-0.2, 0) is 0 Å². The molecule has 0 radical (unpaired) electrons. The third kappa shape index (κ3) is 3.01. The van der Waals surface area contributed by atoms with E-state index in [-0.39, 0.29) is 5.82 Å². The number of benzene rings is 3. The molecule has 3 aromatic rings. The maximum Gasteiger partial charge on any atom is 0.200 e. The number of fused-ring (bicyclic) bond motifs is 1. The van der Waals surface area contributed by atoms with Crippen molar-refractivity contribution in [1.82, 2.24) is 0 Å². The van der Waals surface area contributed by atoms with E-state index in [0.29, 0.717) is 11.6 Å². The SMILES string of the molecule is Cc1ccccc1N(C)C(N)=Nc1cccc2ccc(F)cc12. The van der Waals surface area contributed by atoms with Crippen LogP contribution in [0.2, 0.25) is 0 Å². The predicted molar refractivity (Wildman–Crippen MR) is 94.8 cm³/mol. The molecule has 23 heavy (non-hydrogen) atoms. The van der Waals surface area contributed by atoms with Crippen molar-refractivity contribution in [2.24, 2.45) is 10.7 Å². The van der Waals surface area contributed by atoms with Gasteiger partial charge in [0.25, 0.3) is 0 Å². The summed E-state index contributed by atoms with van der Waals surface area (Å²) in [5.74, 6) is 0.0713. The average molecular weight is 307 g/mol. The minimum atomic E-state index is -0.286. The molecule has 116 valence electrons. The van der Waals surface area contributed by atoms with Gasteiger partial charge in [-0.1, -0.05) is 36.4 Å². The number of para-hydroxylation sites is 1. The summed E-state index contributed by atoms with van der Waals surface area (Å²) in [6.07, 6.45) is 0. The lowest BCUT2D eigenvalue weighted by molar-refractivity contribution is 0.630. The van der Waals surface area contributed by atoms with Crippen molar-refractivity contribution in [2.45, 2.75) is 6.92 Å². The van der Waals surface area contributed by atoms with E-state index in [4.69, 9.17) is 5.73 Å². The number of hydrogen-bond donors (Lipinski definition) is 1. The Hall–Kier alpha value is -2.88. The highest BCUT2D eigenvalue weighted by molar-refractivity contribution is 6.00. The van der Waals surface area contributed by atoms with Crippen LogP contribution in [0.25, 0.3) is 10.8 Å².